The van der Waals surface area contributed by atoms with Gasteiger partial charge in [0.2, 0.25) is 0 Å². The molecule has 0 saturated carbocycles. The molecule has 0 fully saturated rings. The number of nitrogens with one attached hydrogen (secondary N) is 1. The summed E-state index contributed by atoms with van der Waals surface area (Å²) in [6, 6.07) is 18.3. The van der Waals surface area contributed by atoms with Crippen LogP contribution >= 0.6 is 0 Å². The second-order valence-electron chi connectivity index (χ2n) is 5.64. The fraction of sp³-hybridized carbons (Fsp3) is 0.105. The summed E-state index contributed by atoms with van der Waals surface area (Å²) in [5.41, 5.74) is 4.03. The molecule has 118 valence electrons. The molecule has 1 aromatic carbocycles. The number of hydrogen-bond acceptors (Lipinski definition) is 4. The van der Waals surface area contributed by atoms with Crippen molar-refractivity contribution in [1.82, 2.24) is 19.6 Å². The Hall–Kier alpha value is -3.21. The van der Waals surface area contributed by atoms with Crippen molar-refractivity contribution in [2.75, 3.05) is 5.32 Å². The van der Waals surface area contributed by atoms with Crippen LogP contribution in [0.25, 0.3) is 16.9 Å². The summed E-state index contributed by atoms with van der Waals surface area (Å²) in [6.45, 7) is 2.12. The lowest BCUT2D eigenvalue weighted by atomic mass is 10.1. The average Bonchev–Trinajstić information content (AvgIpc) is 3.06. The van der Waals surface area contributed by atoms with Gasteiger partial charge < -0.3 is 5.32 Å². The topological polar surface area (TPSA) is 55.1 Å². The summed E-state index contributed by atoms with van der Waals surface area (Å²) in [5, 5.41) is 8.15. The molecule has 0 aliphatic heterocycles. The van der Waals surface area contributed by atoms with Gasteiger partial charge in [0, 0.05) is 24.0 Å². The van der Waals surface area contributed by atoms with Crippen molar-refractivity contribution in [3.05, 3.63) is 78.8 Å². The van der Waals surface area contributed by atoms with Gasteiger partial charge in [-0.1, -0.05) is 30.3 Å². The minimum atomic E-state index is 0.170. The molecule has 24 heavy (non-hydrogen) atoms. The van der Waals surface area contributed by atoms with Crippen LogP contribution in [0.3, 0.4) is 0 Å². The number of rotatable bonds is 4. The number of hydrogen-bond donors (Lipinski definition) is 1. The lowest BCUT2D eigenvalue weighted by molar-refractivity contribution is 0.848. The number of pyridine rings is 1. The van der Waals surface area contributed by atoms with Gasteiger partial charge in [-0.2, -0.15) is 0 Å². The molecule has 5 nitrogen and oxygen atoms in total. The third-order valence-corrected chi connectivity index (χ3v) is 4.00. The van der Waals surface area contributed by atoms with E-state index >= 15 is 0 Å². The molecule has 0 spiro atoms. The van der Waals surface area contributed by atoms with Crippen LogP contribution in [0, 0.1) is 0 Å². The van der Waals surface area contributed by atoms with Crippen LogP contribution in [0.2, 0.25) is 0 Å². The van der Waals surface area contributed by atoms with E-state index in [0.717, 1.165) is 22.7 Å². The fourth-order valence-electron chi connectivity index (χ4n) is 2.72. The normalized spacial score (nSPS) is 12.2. The van der Waals surface area contributed by atoms with Crippen molar-refractivity contribution < 1.29 is 0 Å². The molecule has 0 radical (unpaired) electrons. The second kappa shape index (κ2) is 6.12. The predicted molar refractivity (Wildman–Crippen MR) is 94.7 cm³/mol. The zero-order valence-electron chi connectivity index (χ0n) is 13.3. The summed E-state index contributed by atoms with van der Waals surface area (Å²) < 4.78 is 1.86. The first-order valence-corrected chi connectivity index (χ1v) is 7.88. The van der Waals surface area contributed by atoms with Crippen LogP contribution < -0.4 is 5.32 Å². The number of aromatic nitrogens is 4. The minimum Gasteiger partial charge on any atom is -0.362 e. The van der Waals surface area contributed by atoms with Crippen molar-refractivity contribution >= 4 is 11.5 Å². The van der Waals surface area contributed by atoms with Gasteiger partial charge >= 0.3 is 0 Å². The van der Waals surface area contributed by atoms with E-state index in [1.165, 1.54) is 5.56 Å². The van der Waals surface area contributed by atoms with E-state index in [4.69, 9.17) is 5.10 Å². The molecule has 3 heterocycles. The van der Waals surface area contributed by atoms with Crippen molar-refractivity contribution in [3.63, 3.8) is 0 Å². The maximum absolute atomic E-state index is 4.70. The van der Waals surface area contributed by atoms with Crippen LogP contribution in [0.5, 0.6) is 0 Å². The molecule has 4 aromatic rings. The van der Waals surface area contributed by atoms with Gasteiger partial charge in [-0.15, -0.1) is 5.10 Å². The molecule has 3 aromatic heterocycles. The van der Waals surface area contributed by atoms with Crippen molar-refractivity contribution in [3.8, 4) is 11.3 Å². The van der Waals surface area contributed by atoms with Crippen molar-refractivity contribution in [2.45, 2.75) is 13.0 Å². The Kier molecular flexibility index (Phi) is 3.67. The molecule has 0 bridgehead atoms. The molecular weight excluding hydrogens is 298 g/mol. The zero-order chi connectivity index (χ0) is 16.4. The van der Waals surface area contributed by atoms with Crippen LogP contribution in [-0.4, -0.2) is 19.6 Å². The smallest absolute Gasteiger partial charge is 0.154 e. The summed E-state index contributed by atoms with van der Waals surface area (Å²) in [5.74, 6) is 0.812. The Morgan fingerprint density at radius 1 is 0.958 bits per heavy atom. The minimum absolute atomic E-state index is 0.170. The Balaban J connectivity index is 1.68. The van der Waals surface area contributed by atoms with Gasteiger partial charge in [-0.25, -0.2) is 9.50 Å². The molecule has 4 rings (SSSR count). The van der Waals surface area contributed by atoms with E-state index in [1.807, 2.05) is 53.2 Å². The highest BCUT2D eigenvalue weighted by molar-refractivity contribution is 5.63. The third-order valence-electron chi connectivity index (χ3n) is 4.00. The first kappa shape index (κ1) is 14.4. The van der Waals surface area contributed by atoms with Crippen LogP contribution in [0.1, 0.15) is 18.5 Å². The summed E-state index contributed by atoms with van der Waals surface area (Å²) >= 11 is 0. The third kappa shape index (κ3) is 2.72. The summed E-state index contributed by atoms with van der Waals surface area (Å²) in [4.78, 5) is 8.49. The number of benzene rings is 1. The van der Waals surface area contributed by atoms with Crippen LogP contribution in [-0.2, 0) is 0 Å². The monoisotopic (exact) mass is 315 g/mol. The second-order valence-corrected chi connectivity index (χ2v) is 5.64. The Bertz CT molecular complexity index is 947. The van der Waals surface area contributed by atoms with E-state index in [9.17, 15) is 0 Å². The Morgan fingerprint density at radius 3 is 2.54 bits per heavy atom. The molecule has 0 aliphatic carbocycles. The molecule has 0 saturated heterocycles. The van der Waals surface area contributed by atoms with Gasteiger partial charge in [-0.3, -0.25) is 4.98 Å². The molecule has 1 N–H and O–H groups in total. The van der Waals surface area contributed by atoms with E-state index in [-0.39, 0.29) is 6.04 Å². The average molecular weight is 315 g/mol. The molecule has 5 heteroatoms. The van der Waals surface area contributed by atoms with Gasteiger partial charge in [0.1, 0.15) is 5.82 Å². The lowest BCUT2D eigenvalue weighted by Crippen LogP contribution is -2.09. The molecular formula is C19H17N5. The number of imidazole rings is 1. The van der Waals surface area contributed by atoms with E-state index in [2.05, 4.69) is 34.3 Å². The highest BCUT2D eigenvalue weighted by atomic mass is 15.3. The summed E-state index contributed by atoms with van der Waals surface area (Å²) in [6.07, 6.45) is 5.38. The Labute approximate surface area is 140 Å². The molecule has 0 amide bonds. The largest absolute Gasteiger partial charge is 0.362 e. The van der Waals surface area contributed by atoms with Gasteiger partial charge in [0.25, 0.3) is 0 Å². The van der Waals surface area contributed by atoms with Gasteiger partial charge in [0.15, 0.2) is 5.65 Å². The van der Waals surface area contributed by atoms with Gasteiger partial charge in [-0.05, 0) is 36.8 Å². The SMILES string of the molecule is C[C@H](Nc1ccc2ncc(-c3ccncc3)n2n1)c1ccccc1. The van der Waals surface area contributed by atoms with E-state index in [0.29, 0.717) is 0 Å². The Morgan fingerprint density at radius 2 is 1.75 bits per heavy atom. The predicted octanol–water partition coefficient (Wildman–Crippen LogP) is 3.96. The standard InChI is InChI=1S/C19H17N5/c1-14(15-5-3-2-4-6-15)22-18-7-8-19-21-13-17(24(19)23-18)16-9-11-20-12-10-16/h2-14H,1H3,(H,22,23)/t14-/m0/s1. The maximum Gasteiger partial charge on any atom is 0.154 e. The van der Waals surface area contributed by atoms with E-state index in [1.54, 1.807) is 12.4 Å². The zero-order valence-corrected chi connectivity index (χ0v) is 13.3. The molecule has 0 aliphatic rings. The van der Waals surface area contributed by atoms with E-state index < -0.39 is 0 Å². The first-order chi connectivity index (χ1) is 11.8. The maximum atomic E-state index is 4.70. The molecule has 0 unspecified atom stereocenters. The van der Waals surface area contributed by atoms with Crippen molar-refractivity contribution in [1.29, 1.82) is 0 Å². The highest BCUT2D eigenvalue weighted by Gasteiger charge is 2.10. The summed E-state index contributed by atoms with van der Waals surface area (Å²) in [7, 11) is 0. The quantitative estimate of drug-likeness (QED) is 0.619. The number of fused-ring (bicyclic) bond motifs is 1. The lowest BCUT2D eigenvalue weighted by Gasteiger charge is -2.15. The number of nitrogens with zero attached hydrogens (tertiary/aromatic N) is 4. The fourth-order valence-corrected chi connectivity index (χ4v) is 2.72. The molecule has 1 atom stereocenters. The van der Waals surface area contributed by atoms with Crippen LogP contribution in [0.4, 0.5) is 5.82 Å². The highest BCUT2D eigenvalue weighted by Crippen LogP contribution is 2.22. The number of anilines is 1. The first-order valence-electron chi connectivity index (χ1n) is 7.88. The van der Waals surface area contributed by atoms with Crippen molar-refractivity contribution in [2.24, 2.45) is 0 Å². The van der Waals surface area contributed by atoms with Gasteiger partial charge in [0.05, 0.1) is 11.9 Å². The van der Waals surface area contributed by atoms with Crippen LogP contribution in [0.15, 0.2) is 73.2 Å².